The Labute approximate surface area is 401 Å². The van der Waals surface area contributed by atoms with Crippen LogP contribution in [0, 0.1) is 0 Å². The number of phosphoric acid groups is 1. The number of phosphoric ester groups is 1. The van der Waals surface area contributed by atoms with Crippen LogP contribution in [0.3, 0.4) is 0 Å². The Morgan fingerprint density at radius 2 is 0.914 bits per heavy atom. The molecular formula is C32H42N15O18P3S2. The van der Waals surface area contributed by atoms with Gasteiger partial charge in [0.05, 0.1) is 52.0 Å². The molecule has 3 fully saturated rings. The van der Waals surface area contributed by atoms with E-state index < -0.39 is 128 Å². The topological polar surface area (TPSA) is 471 Å². The van der Waals surface area contributed by atoms with Gasteiger partial charge in [-0.2, -0.15) is 0 Å². The van der Waals surface area contributed by atoms with E-state index in [1.165, 1.54) is 39.0 Å². The smallest absolute Gasteiger partial charge is 0.394 e. The average Bonchev–Trinajstić information content (AvgIpc) is 4.18. The molecule has 0 amide bonds. The van der Waals surface area contributed by atoms with Crippen LogP contribution in [0.25, 0.3) is 33.5 Å². The van der Waals surface area contributed by atoms with Crippen LogP contribution in [0.1, 0.15) is 18.7 Å². The highest BCUT2D eigenvalue weighted by atomic mass is 32.5. The van der Waals surface area contributed by atoms with Gasteiger partial charge in [0.15, 0.2) is 53.1 Å². The van der Waals surface area contributed by atoms with Crippen molar-refractivity contribution >= 4 is 95.8 Å². The number of aliphatic hydroxyl groups excluding tert-OH is 5. The molecule has 0 spiro atoms. The number of imidazole rings is 3. The molecule has 9 heterocycles. The van der Waals surface area contributed by atoms with Crippen LogP contribution in [-0.2, 0) is 69.5 Å². The molecule has 3 aliphatic heterocycles. The summed E-state index contributed by atoms with van der Waals surface area (Å²) in [4.78, 5) is 69.8. The molecule has 14 N–H and O–H groups in total. The lowest BCUT2D eigenvalue weighted by atomic mass is 10.1. The van der Waals surface area contributed by atoms with Crippen LogP contribution >= 0.6 is 21.3 Å². The number of aromatic nitrogens is 12. The summed E-state index contributed by atoms with van der Waals surface area (Å²) in [6.07, 6.45) is -11.3. The Morgan fingerprint density at radius 1 is 0.543 bits per heavy atom. The van der Waals surface area contributed by atoms with Crippen LogP contribution in [0.15, 0.2) is 38.0 Å². The molecule has 9 rings (SSSR count). The molecule has 6 aromatic heterocycles. The van der Waals surface area contributed by atoms with Gasteiger partial charge in [0.1, 0.15) is 90.5 Å². The molecule has 0 bridgehead atoms. The molecule has 6 unspecified atom stereocenters. The molecule has 6 aromatic rings. The van der Waals surface area contributed by atoms with Crippen LogP contribution in [-0.4, -0.2) is 187 Å². The van der Waals surface area contributed by atoms with E-state index in [0.29, 0.717) is 0 Å². The van der Waals surface area contributed by atoms with Gasteiger partial charge in [0.2, 0.25) is 0 Å². The maximum atomic E-state index is 12.4. The summed E-state index contributed by atoms with van der Waals surface area (Å²) in [7, 11) is -4.76. The normalized spacial score (nSPS) is 30.9. The molecule has 33 nitrogen and oxygen atoms in total. The Hall–Kier alpha value is -4.10. The minimum Gasteiger partial charge on any atom is -0.394 e. The van der Waals surface area contributed by atoms with Crippen LogP contribution in [0.4, 0.5) is 17.5 Å². The van der Waals surface area contributed by atoms with E-state index >= 15 is 0 Å². The van der Waals surface area contributed by atoms with Gasteiger partial charge in [-0.05, 0) is 23.6 Å². The van der Waals surface area contributed by atoms with Crippen molar-refractivity contribution in [2.75, 3.05) is 50.2 Å². The number of aliphatic hydroxyl groups is 5. The van der Waals surface area contributed by atoms with E-state index in [9.17, 15) is 39.7 Å². The average molecular weight is 1080 g/mol. The second-order valence-corrected chi connectivity index (χ2v) is 22.4. The molecule has 0 saturated carbocycles. The summed E-state index contributed by atoms with van der Waals surface area (Å²) in [5, 5.41) is 54.1. The van der Waals surface area contributed by atoms with Crippen LogP contribution in [0.5, 0.6) is 0 Å². The fourth-order valence-electron chi connectivity index (χ4n) is 7.72. The third kappa shape index (κ3) is 10.1. The molecule has 3 aliphatic rings. The summed E-state index contributed by atoms with van der Waals surface area (Å²) in [5.41, 5.74) is 18.7. The summed E-state index contributed by atoms with van der Waals surface area (Å²) in [6.45, 7) is -12.4. The highest BCUT2D eigenvalue weighted by Gasteiger charge is 2.52. The third-order valence-corrected chi connectivity index (χ3v) is 15.1. The highest BCUT2D eigenvalue weighted by Crippen LogP contribution is 2.53. The van der Waals surface area contributed by atoms with Crippen molar-refractivity contribution in [2.45, 2.75) is 73.6 Å². The first kappa shape index (κ1) is 50.8. The highest BCUT2D eigenvalue weighted by molar-refractivity contribution is 8.07. The van der Waals surface area contributed by atoms with Gasteiger partial charge in [-0.15, -0.1) is 0 Å². The lowest BCUT2D eigenvalue weighted by molar-refractivity contribution is -0.0591. The van der Waals surface area contributed by atoms with Gasteiger partial charge >= 0.3 is 21.3 Å². The van der Waals surface area contributed by atoms with E-state index in [2.05, 4.69) is 49.4 Å². The van der Waals surface area contributed by atoms with Gasteiger partial charge in [-0.25, -0.2) is 49.4 Å². The Bertz CT molecular complexity index is 3020. The number of fused-ring (bicyclic) bond motifs is 3. The fraction of sp³-hybridized carbons (Fsp3) is 0.531. The molecule has 15 atom stereocenters. The van der Waals surface area contributed by atoms with Gasteiger partial charge in [-0.1, -0.05) is 0 Å². The Morgan fingerprint density at radius 3 is 1.33 bits per heavy atom. The maximum Gasteiger partial charge on any atom is 0.472 e. The zero-order valence-electron chi connectivity index (χ0n) is 35.3. The second-order valence-electron chi connectivity index (χ2n) is 15.4. The van der Waals surface area contributed by atoms with Crippen molar-refractivity contribution in [1.82, 2.24) is 58.6 Å². The first-order chi connectivity index (χ1) is 33.3. The summed E-state index contributed by atoms with van der Waals surface area (Å²) in [6, 6.07) is 0. The number of ether oxygens (including phenoxy) is 3. The number of nitrogens with two attached hydrogens (primary N) is 3. The molecule has 38 heteroatoms. The fourth-order valence-corrected chi connectivity index (χ4v) is 11.3. The standard InChI is InChI=1S/C32H42N15O18P3S2/c33-24-15-27(39-6-36-24)45(9-42-15)30-21(52)18(49)12(61-30)4-59-67(55,69)65-23-20(51)14(63-32(23)47-11-44-17-26(35)38-8-41-29(17)47)5-60-68(56,70)64-22-19(50)13(3-58-66(53,54)57-2-1-48)62-31(22)46-10-43-16-25(34)37-7-40-28(16)46/h6-14,18-23,30-32,48-52H,1-5H2,(H,53,54)(H,55,69)(H,56,70)(H2,33,36,39)(H2,34,37,40)(H2,35,38,41)/t12-,13-,14-,18+,19+,20+,21?,22?,23?,30-,31-,32-,67?,68?/m1/s1. The molecule has 70 heavy (non-hydrogen) atoms. The van der Waals surface area contributed by atoms with Crippen molar-refractivity contribution in [3.05, 3.63) is 38.0 Å². The molecular weight excluding hydrogens is 1040 g/mol. The predicted molar refractivity (Wildman–Crippen MR) is 238 cm³/mol. The molecule has 0 aromatic carbocycles. The number of nitrogens with zero attached hydrogens (tertiary/aromatic N) is 12. The Kier molecular flexibility index (Phi) is 14.6. The predicted octanol–water partition coefficient (Wildman–Crippen LogP) is -3.25. The SMILES string of the molecule is Nc1ncnc2c1ncn2[C@@H]1O[C@H](COP(O)(=S)OC2[C@@H](O)[C@@H](COP(O)(=S)OC3[C@@H](O)[C@@H](COP(=O)(O)OCCO)O[C@H]3n3cnc4c(N)ncnc43)O[C@H]2n2cnc3c(N)ncnc32)[C@H](O)C1O. The van der Waals surface area contributed by atoms with Crippen molar-refractivity contribution < 1.29 is 86.1 Å². The third-order valence-electron chi connectivity index (χ3n) is 11.0. The molecule has 0 radical (unpaired) electrons. The maximum absolute atomic E-state index is 12.4. The summed E-state index contributed by atoms with van der Waals surface area (Å²) >= 11 is 10.7. The van der Waals surface area contributed by atoms with Gasteiger partial charge in [0.25, 0.3) is 0 Å². The van der Waals surface area contributed by atoms with Crippen LogP contribution in [0.2, 0.25) is 0 Å². The van der Waals surface area contributed by atoms with E-state index in [1.54, 1.807) is 0 Å². The zero-order valence-corrected chi connectivity index (χ0v) is 39.7. The van der Waals surface area contributed by atoms with Gasteiger partial charge in [-0.3, -0.25) is 31.8 Å². The van der Waals surface area contributed by atoms with Crippen molar-refractivity contribution in [3.8, 4) is 0 Å². The van der Waals surface area contributed by atoms with Gasteiger partial charge in [0, 0.05) is 0 Å². The quantitative estimate of drug-likeness (QED) is 0.0355. The van der Waals surface area contributed by atoms with E-state index in [0.717, 1.165) is 12.7 Å². The van der Waals surface area contributed by atoms with Crippen LogP contribution < -0.4 is 17.2 Å². The summed E-state index contributed by atoms with van der Waals surface area (Å²) in [5.74, 6) is 0.0240. The van der Waals surface area contributed by atoms with Gasteiger partial charge < -0.3 is 80.7 Å². The molecule has 0 aliphatic carbocycles. The summed E-state index contributed by atoms with van der Waals surface area (Å²) < 4.78 is 66.9. The first-order valence-corrected chi connectivity index (χ1v) is 27.0. The number of hydrogen-bond acceptors (Lipinski definition) is 29. The largest absolute Gasteiger partial charge is 0.472 e. The van der Waals surface area contributed by atoms with Crippen molar-refractivity contribution in [3.63, 3.8) is 0 Å². The van der Waals surface area contributed by atoms with Crippen molar-refractivity contribution in [2.24, 2.45) is 0 Å². The van der Waals surface area contributed by atoms with Crippen molar-refractivity contribution in [1.29, 1.82) is 0 Å². The number of rotatable bonds is 19. The molecule has 380 valence electrons. The number of anilines is 3. The second kappa shape index (κ2) is 20.1. The minimum atomic E-state index is -4.76. The monoisotopic (exact) mass is 1080 g/mol. The minimum absolute atomic E-state index is 0.0195. The number of nitrogen functional groups attached to an aromatic ring is 3. The molecule has 3 saturated heterocycles. The number of hydrogen-bond donors (Lipinski definition) is 11. The van der Waals surface area contributed by atoms with E-state index in [-0.39, 0.29) is 50.9 Å². The Balaban J connectivity index is 0.914. The van der Waals surface area contributed by atoms with E-state index in [4.69, 9.17) is 82.8 Å². The lowest BCUT2D eigenvalue weighted by Crippen LogP contribution is -2.37. The first-order valence-electron chi connectivity index (χ1n) is 20.3. The van der Waals surface area contributed by atoms with E-state index in [1.807, 2.05) is 0 Å². The zero-order chi connectivity index (χ0) is 49.9. The lowest BCUT2D eigenvalue weighted by Gasteiger charge is -2.27.